The third-order valence-corrected chi connectivity index (χ3v) is 7.14. The van der Waals surface area contributed by atoms with Crippen molar-refractivity contribution in [1.29, 1.82) is 0 Å². The molecule has 37 heavy (non-hydrogen) atoms. The largest absolute Gasteiger partial charge is 0.374 e. The maximum atomic E-state index is 14.2. The second kappa shape index (κ2) is 11.5. The molecule has 194 valence electrons. The van der Waals surface area contributed by atoms with Gasteiger partial charge in [-0.25, -0.2) is 19.0 Å². The van der Waals surface area contributed by atoms with E-state index in [1.165, 1.54) is 23.9 Å². The van der Waals surface area contributed by atoms with Crippen molar-refractivity contribution < 1.29 is 21.7 Å². The summed E-state index contributed by atoms with van der Waals surface area (Å²) in [5.41, 5.74) is 9.37. The molecular weight excluding hydrogens is 499 g/mol. The first-order valence-corrected chi connectivity index (χ1v) is 12.8. The minimum Gasteiger partial charge on any atom is -0.374 e. The molecule has 0 saturated heterocycles. The Morgan fingerprint density at radius 3 is 2.32 bits per heavy atom. The molecule has 0 amide bonds. The molecule has 2 aromatic carbocycles. The van der Waals surface area contributed by atoms with E-state index in [1.54, 1.807) is 30.7 Å². The first-order valence-electron chi connectivity index (χ1n) is 11.4. The maximum absolute atomic E-state index is 14.2. The van der Waals surface area contributed by atoms with Crippen LogP contribution < -0.4 is 5.73 Å². The van der Waals surface area contributed by atoms with Crippen LogP contribution in [-0.4, -0.2) is 53.8 Å². The van der Waals surface area contributed by atoms with E-state index in [1.807, 2.05) is 31.2 Å². The van der Waals surface area contributed by atoms with Gasteiger partial charge in [0, 0.05) is 37.7 Å². The van der Waals surface area contributed by atoms with Gasteiger partial charge < -0.3 is 10.5 Å². The maximum Gasteiger partial charge on any atom is 0.296 e. The molecule has 0 bridgehead atoms. The second-order valence-electron chi connectivity index (χ2n) is 8.36. The molecule has 2 aromatic heterocycles. The molecule has 0 unspecified atom stereocenters. The van der Waals surface area contributed by atoms with Gasteiger partial charge in [-0.1, -0.05) is 47.2 Å². The smallest absolute Gasteiger partial charge is 0.296 e. The summed E-state index contributed by atoms with van der Waals surface area (Å²) in [6, 6.07) is 13.0. The molecule has 4 aromatic rings. The zero-order chi connectivity index (χ0) is 26.4. The topological polar surface area (TPSA) is 135 Å². The van der Waals surface area contributed by atoms with Crippen LogP contribution in [0.5, 0.6) is 0 Å². The molecule has 0 aliphatic heterocycles. The molecule has 0 aliphatic carbocycles. The van der Waals surface area contributed by atoms with Gasteiger partial charge in [-0.05, 0) is 30.2 Å². The van der Waals surface area contributed by atoms with Crippen molar-refractivity contribution in [3.8, 4) is 11.1 Å². The van der Waals surface area contributed by atoms with Crippen LogP contribution in [-0.2, 0) is 25.5 Å². The third-order valence-electron chi connectivity index (χ3n) is 5.81. The number of halogens is 1. The number of anilines is 1. The number of nitrogens with zero attached hydrogens (tertiary/aromatic N) is 5. The molecule has 10 nitrogen and oxygen atoms in total. The Balaban J connectivity index is 1.42. The van der Waals surface area contributed by atoms with Crippen molar-refractivity contribution >= 4 is 16.1 Å². The Morgan fingerprint density at radius 2 is 1.70 bits per heavy atom. The quantitative estimate of drug-likeness (QED) is 0.291. The Morgan fingerprint density at radius 1 is 1.03 bits per heavy atom. The predicted octanol–water partition coefficient (Wildman–Crippen LogP) is 3.47. The van der Waals surface area contributed by atoms with Crippen LogP contribution >= 0.6 is 0 Å². The molecule has 2 heterocycles. The Labute approximate surface area is 214 Å². The van der Waals surface area contributed by atoms with E-state index in [0.29, 0.717) is 5.69 Å². The number of benzene rings is 2. The Bertz CT molecular complexity index is 1410. The highest BCUT2D eigenvalue weighted by atomic mass is 32.2. The number of ether oxygens (including phenoxy) is 1. The fourth-order valence-electron chi connectivity index (χ4n) is 3.78. The van der Waals surface area contributed by atoms with Crippen LogP contribution in [0.15, 0.2) is 72.0 Å². The lowest BCUT2D eigenvalue weighted by atomic mass is 9.99. The van der Waals surface area contributed by atoms with E-state index in [4.69, 9.17) is 14.7 Å². The zero-order valence-corrected chi connectivity index (χ0v) is 21.2. The number of hydrogen-bond acceptors (Lipinski definition) is 9. The molecular formula is C25H27FN6O4S. The summed E-state index contributed by atoms with van der Waals surface area (Å²) in [4.78, 5) is 8.08. The standard InChI is InChI=1S/C25H27FN6O4S/c1-17-3-9-22(10-4-17)37(33,34)36-12-11-21-16-32(31-30-21)23(13-26)24(35-2)19-7-5-18(6-8-19)20-14-28-25(27)29-15-20/h3-10,14-16,23-24H,11-13H2,1-2H3,(H2,27,28,29)/t23-,24-/m1/s1. The fourth-order valence-corrected chi connectivity index (χ4v) is 4.69. The van der Waals surface area contributed by atoms with Crippen LogP contribution in [0.2, 0.25) is 0 Å². The normalized spacial score (nSPS) is 13.4. The highest BCUT2D eigenvalue weighted by molar-refractivity contribution is 7.86. The first kappa shape index (κ1) is 26.3. The van der Waals surface area contributed by atoms with Crippen molar-refractivity contribution in [3.63, 3.8) is 0 Å². The first-order chi connectivity index (χ1) is 17.8. The Kier molecular flexibility index (Phi) is 8.21. The number of methoxy groups -OCH3 is 1. The fraction of sp³-hybridized carbons (Fsp3) is 0.280. The number of aryl methyl sites for hydroxylation is 1. The van der Waals surface area contributed by atoms with Gasteiger partial charge in [-0.3, -0.25) is 4.18 Å². The van der Waals surface area contributed by atoms with Gasteiger partial charge in [0.15, 0.2) is 0 Å². The van der Waals surface area contributed by atoms with Crippen LogP contribution in [0.3, 0.4) is 0 Å². The van der Waals surface area contributed by atoms with Crippen molar-refractivity contribution in [1.82, 2.24) is 25.0 Å². The third kappa shape index (κ3) is 6.34. The summed E-state index contributed by atoms with van der Waals surface area (Å²) in [6.07, 6.45) is 4.36. The minimum absolute atomic E-state index is 0.0807. The van der Waals surface area contributed by atoms with E-state index in [-0.39, 0.29) is 23.9 Å². The van der Waals surface area contributed by atoms with Crippen molar-refractivity contribution in [3.05, 3.63) is 83.9 Å². The molecule has 4 rings (SSSR count). The van der Waals surface area contributed by atoms with E-state index >= 15 is 0 Å². The van der Waals surface area contributed by atoms with Crippen LogP contribution in [0.1, 0.15) is 29.0 Å². The van der Waals surface area contributed by atoms with Gasteiger partial charge in [0.2, 0.25) is 5.95 Å². The molecule has 0 saturated carbocycles. The number of nitrogens with two attached hydrogens (primary N) is 1. The van der Waals surface area contributed by atoms with Gasteiger partial charge >= 0.3 is 0 Å². The molecule has 0 spiro atoms. The van der Waals surface area contributed by atoms with Gasteiger partial charge in [0.1, 0.15) is 18.8 Å². The van der Waals surface area contributed by atoms with Crippen LogP contribution in [0.4, 0.5) is 10.3 Å². The number of alkyl halides is 1. The highest BCUT2D eigenvalue weighted by Crippen LogP contribution is 2.31. The van der Waals surface area contributed by atoms with E-state index in [0.717, 1.165) is 22.3 Å². The number of hydrogen-bond donors (Lipinski definition) is 1. The molecule has 0 aliphatic rings. The number of nitrogen functional groups attached to an aromatic ring is 1. The van der Waals surface area contributed by atoms with Crippen LogP contribution in [0, 0.1) is 6.92 Å². The minimum atomic E-state index is -3.89. The summed E-state index contributed by atoms with van der Waals surface area (Å²) in [6.45, 7) is 0.984. The van der Waals surface area contributed by atoms with Gasteiger partial charge in [-0.2, -0.15) is 8.42 Å². The summed E-state index contributed by atoms with van der Waals surface area (Å²) in [7, 11) is -2.39. The number of aromatic nitrogens is 5. The average Bonchev–Trinajstić information content (AvgIpc) is 3.36. The SMILES string of the molecule is CO[C@H](c1ccc(-c2cnc(N)nc2)cc1)[C@@H](CF)n1cc(CCOS(=O)(=O)c2ccc(C)cc2)nn1. The van der Waals surface area contributed by atoms with Crippen molar-refractivity contribution in [2.45, 2.75) is 30.4 Å². The highest BCUT2D eigenvalue weighted by Gasteiger charge is 2.26. The Hall–Kier alpha value is -3.74. The molecule has 2 atom stereocenters. The summed E-state index contributed by atoms with van der Waals surface area (Å²) in [5.74, 6) is 0.192. The monoisotopic (exact) mass is 526 g/mol. The summed E-state index contributed by atoms with van der Waals surface area (Å²) in [5, 5.41) is 8.10. The van der Waals surface area contributed by atoms with Crippen molar-refractivity contribution in [2.24, 2.45) is 0 Å². The molecule has 0 radical (unpaired) electrons. The summed E-state index contributed by atoms with van der Waals surface area (Å²) < 4.78 is 51.1. The van der Waals surface area contributed by atoms with Gasteiger partial charge in [0.25, 0.3) is 10.1 Å². The number of rotatable bonds is 11. The van der Waals surface area contributed by atoms with Gasteiger partial charge in [-0.15, -0.1) is 5.10 Å². The van der Waals surface area contributed by atoms with Crippen LogP contribution in [0.25, 0.3) is 11.1 Å². The van der Waals surface area contributed by atoms with E-state index in [9.17, 15) is 12.8 Å². The predicted molar refractivity (Wildman–Crippen MR) is 135 cm³/mol. The van der Waals surface area contributed by atoms with Crippen molar-refractivity contribution in [2.75, 3.05) is 26.1 Å². The lowest BCUT2D eigenvalue weighted by Gasteiger charge is -2.24. The lowest BCUT2D eigenvalue weighted by Crippen LogP contribution is -2.22. The lowest BCUT2D eigenvalue weighted by molar-refractivity contribution is 0.0400. The van der Waals surface area contributed by atoms with E-state index in [2.05, 4.69) is 20.3 Å². The molecule has 0 fully saturated rings. The van der Waals surface area contributed by atoms with E-state index < -0.39 is 28.9 Å². The molecule has 2 N–H and O–H groups in total. The average molecular weight is 527 g/mol. The van der Waals surface area contributed by atoms with Gasteiger partial charge in [0.05, 0.1) is 17.2 Å². The second-order valence-corrected chi connectivity index (χ2v) is 9.97. The zero-order valence-electron chi connectivity index (χ0n) is 20.4. The summed E-state index contributed by atoms with van der Waals surface area (Å²) >= 11 is 0. The molecule has 12 heteroatoms.